The largest absolute Gasteiger partial charge is 0.381 e. The summed E-state index contributed by atoms with van der Waals surface area (Å²) in [5.41, 5.74) is 4.35. The maximum Gasteiger partial charge on any atom is 0.131 e. The van der Waals surface area contributed by atoms with Gasteiger partial charge in [-0.3, -0.25) is 4.68 Å². The quantitative estimate of drug-likeness (QED) is 0.880. The first-order valence-corrected chi connectivity index (χ1v) is 7.71. The summed E-state index contributed by atoms with van der Waals surface area (Å²) in [7, 11) is 1.86. The molecule has 0 spiro atoms. The van der Waals surface area contributed by atoms with Crippen LogP contribution in [0.4, 0.5) is 11.4 Å². The van der Waals surface area contributed by atoms with Gasteiger partial charge in [-0.05, 0) is 45.0 Å². The standard InChI is InChI=1S/C16H23ClN4/c1-5-21(6-2)14-9-7-13(8-10-14)18-11-15-12(3)19-20(4)16(15)17/h7-10,18H,5-6,11H2,1-4H3. The van der Waals surface area contributed by atoms with Gasteiger partial charge < -0.3 is 10.2 Å². The Morgan fingerprint density at radius 2 is 1.81 bits per heavy atom. The van der Waals surface area contributed by atoms with Crippen LogP contribution in [-0.4, -0.2) is 22.9 Å². The van der Waals surface area contributed by atoms with Crippen LogP contribution in [-0.2, 0) is 13.6 Å². The van der Waals surface area contributed by atoms with Crippen molar-refractivity contribution in [3.05, 3.63) is 40.7 Å². The summed E-state index contributed by atoms with van der Waals surface area (Å²) in [4.78, 5) is 2.33. The topological polar surface area (TPSA) is 33.1 Å². The molecular formula is C16H23ClN4. The molecule has 1 aromatic heterocycles. The Bertz CT molecular complexity index is 585. The molecule has 114 valence electrons. The van der Waals surface area contributed by atoms with E-state index in [2.05, 4.69) is 53.4 Å². The van der Waals surface area contributed by atoms with E-state index in [1.54, 1.807) is 4.68 Å². The van der Waals surface area contributed by atoms with Gasteiger partial charge in [0.25, 0.3) is 0 Å². The molecule has 2 aromatic rings. The van der Waals surface area contributed by atoms with Crippen molar-refractivity contribution < 1.29 is 0 Å². The minimum absolute atomic E-state index is 0.684. The number of nitrogens with one attached hydrogen (secondary N) is 1. The van der Waals surface area contributed by atoms with Crippen molar-refractivity contribution in [3.8, 4) is 0 Å². The molecule has 0 fully saturated rings. The van der Waals surface area contributed by atoms with Crippen molar-refractivity contribution in [3.63, 3.8) is 0 Å². The molecule has 0 aliphatic carbocycles. The molecule has 0 amide bonds. The first-order valence-electron chi connectivity index (χ1n) is 7.33. The molecule has 1 N–H and O–H groups in total. The number of hydrogen-bond donors (Lipinski definition) is 1. The van der Waals surface area contributed by atoms with Crippen LogP contribution in [0.3, 0.4) is 0 Å². The Morgan fingerprint density at radius 1 is 1.19 bits per heavy atom. The summed E-state index contributed by atoms with van der Waals surface area (Å²) in [5, 5.41) is 8.42. The molecule has 5 heteroatoms. The highest BCUT2D eigenvalue weighted by Crippen LogP contribution is 2.22. The highest BCUT2D eigenvalue weighted by molar-refractivity contribution is 6.30. The summed E-state index contributed by atoms with van der Waals surface area (Å²) >= 11 is 6.24. The van der Waals surface area contributed by atoms with Crippen LogP contribution in [0.5, 0.6) is 0 Å². The average molecular weight is 307 g/mol. The van der Waals surface area contributed by atoms with Crippen molar-refractivity contribution in [1.82, 2.24) is 9.78 Å². The van der Waals surface area contributed by atoms with Crippen LogP contribution in [0.15, 0.2) is 24.3 Å². The second-order valence-corrected chi connectivity index (χ2v) is 5.41. The summed E-state index contributed by atoms with van der Waals surface area (Å²) < 4.78 is 1.71. The van der Waals surface area contributed by atoms with E-state index in [4.69, 9.17) is 11.6 Å². The normalized spacial score (nSPS) is 10.7. The molecule has 0 bridgehead atoms. The van der Waals surface area contributed by atoms with Gasteiger partial charge in [0.2, 0.25) is 0 Å². The highest BCUT2D eigenvalue weighted by atomic mass is 35.5. The monoisotopic (exact) mass is 306 g/mol. The van der Waals surface area contributed by atoms with Gasteiger partial charge >= 0.3 is 0 Å². The van der Waals surface area contributed by atoms with Crippen LogP contribution < -0.4 is 10.2 Å². The summed E-state index contributed by atoms with van der Waals surface area (Å²) in [6.45, 7) is 9.04. The predicted molar refractivity (Wildman–Crippen MR) is 90.3 cm³/mol. The zero-order valence-corrected chi connectivity index (χ0v) is 13.9. The van der Waals surface area contributed by atoms with Crippen LogP contribution in [0.1, 0.15) is 25.1 Å². The molecule has 21 heavy (non-hydrogen) atoms. The van der Waals surface area contributed by atoms with Crippen molar-refractivity contribution in [2.24, 2.45) is 7.05 Å². The molecule has 1 heterocycles. The smallest absolute Gasteiger partial charge is 0.131 e. The molecule has 2 rings (SSSR count). The molecule has 0 unspecified atom stereocenters. The van der Waals surface area contributed by atoms with Crippen LogP contribution in [0.2, 0.25) is 5.15 Å². The summed E-state index contributed by atoms with van der Waals surface area (Å²) in [6.07, 6.45) is 0. The number of rotatable bonds is 6. The van der Waals surface area contributed by atoms with Gasteiger partial charge in [-0.15, -0.1) is 0 Å². The highest BCUT2D eigenvalue weighted by Gasteiger charge is 2.10. The van der Waals surface area contributed by atoms with Crippen molar-refractivity contribution in [2.75, 3.05) is 23.3 Å². The van der Waals surface area contributed by atoms with E-state index in [0.717, 1.165) is 30.0 Å². The lowest BCUT2D eigenvalue weighted by atomic mass is 10.2. The van der Waals surface area contributed by atoms with Gasteiger partial charge in [-0.25, -0.2) is 0 Å². The Kier molecular flexibility index (Phi) is 5.12. The fourth-order valence-electron chi connectivity index (χ4n) is 2.44. The Balaban J connectivity index is 2.04. The second-order valence-electron chi connectivity index (χ2n) is 5.05. The lowest BCUT2D eigenvalue weighted by Gasteiger charge is -2.21. The third kappa shape index (κ3) is 3.50. The first kappa shape index (κ1) is 15.7. The number of aromatic nitrogens is 2. The predicted octanol–water partition coefficient (Wildman–Crippen LogP) is 3.84. The van der Waals surface area contributed by atoms with E-state index in [1.807, 2.05) is 14.0 Å². The zero-order valence-electron chi connectivity index (χ0n) is 13.2. The molecule has 4 nitrogen and oxygen atoms in total. The number of nitrogens with zero attached hydrogens (tertiary/aromatic N) is 3. The van der Waals surface area contributed by atoms with Gasteiger partial charge in [0.05, 0.1) is 5.69 Å². The number of benzene rings is 1. The first-order chi connectivity index (χ1) is 10.1. The van der Waals surface area contributed by atoms with Crippen LogP contribution >= 0.6 is 11.6 Å². The molecule has 0 aliphatic heterocycles. The maximum absolute atomic E-state index is 6.24. The maximum atomic E-state index is 6.24. The van der Waals surface area contributed by atoms with E-state index in [-0.39, 0.29) is 0 Å². The Morgan fingerprint density at radius 3 is 2.29 bits per heavy atom. The van der Waals surface area contributed by atoms with Crippen molar-refractivity contribution >= 4 is 23.0 Å². The SMILES string of the molecule is CCN(CC)c1ccc(NCc2c(C)nn(C)c2Cl)cc1. The fourth-order valence-corrected chi connectivity index (χ4v) is 2.69. The Hall–Kier alpha value is -1.68. The lowest BCUT2D eigenvalue weighted by molar-refractivity contribution is 0.757. The van der Waals surface area contributed by atoms with E-state index < -0.39 is 0 Å². The number of aryl methyl sites for hydroxylation is 2. The third-order valence-corrected chi connectivity index (χ3v) is 4.21. The van der Waals surface area contributed by atoms with Crippen LogP contribution in [0.25, 0.3) is 0 Å². The number of halogens is 1. The second kappa shape index (κ2) is 6.85. The zero-order chi connectivity index (χ0) is 15.4. The molecule has 0 radical (unpaired) electrons. The van der Waals surface area contributed by atoms with Gasteiger partial charge in [0, 0.05) is 43.6 Å². The summed E-state index contributed by atoms with van der Waals surface area (Å²) in [6, 6.07) is 8.50. The number of anilines is 2. The van der Waals surface area contributed by atoms with E-state index in [0.29, 0.717) is 11.7 Å². The molecule has 0 saturated heterocycles. The van der Waals surface area contributed by atoms with Crippen LogP contribution in [0, 0.1) is 6.92 Å². The van der Waals surface area contributed by atoms with E-state index in [1.165, 1.54) is 5.69 Å². The molecular weight excluding hydrogens is 284 g/mol. The molecule has 0 atom stereocenters. The van der Waals surface area contributed by atoms with Crippen molar-refractivity contribution in [2.45, 2.75) is 27.3 Å². The van der Waals surface area contributed by atoms with E-state index in [9.17, 15) is 0 Å². The molecule has 1 aromatic carbocycles. The van der Waals surface area contributed by atoms with Gasteiger partial charge in [-0.1, -0.05) is 11.6 Å². The van der Waals surface area contributed by atoms with Gasteiger partial charge in [0.15, 0.2) is 0 Å². The third-order valence-electron chi connectivity index (χ3n) is 3.74. The minimum atomic E-state index is 0.684. The Labute approximate surface area is 131 Å². The molecule has 0 saturated carbocycles. The summed E-state index contributed by atoms with van der Waals surface area (Å²) in [5.74, 6) is 0. The molecule has 0 aliphatic rings. The van der Waals surface area contributed by atoms with Gasteiger partial charge in [-0.2, -0.15) is 5.10 Å². The number of hydrogen-bond acceptors (Lipinski definition) is 3. The van der Waals surface area contributed by atoms with Crippen molar-refractivity contribution in [1.29, 1.82) is 0 Å². The minimum Gasteiger partial charge on any atom is -0.381 e. The van der Waals surface area contributed by atoms with E-state index >= 15 is 0 Å². The average Bonchev–Trinajstić information content (AvgIpc) is 2.73. The van der Waals surface area contributed by atoms with Gasteiger partial charge in [0.1, 0.15) is 5.15 Å². The fraction of sp³-hybridized carbons (Fsp3) is 0.438. The lowest BCUT2D eigenvalue weighted by Crippen LogP contribution is -2.21.